The van der Waals surface area contributed by atoms with Crippen LogP contribution in [0.2, 0.25) is 0 Å². The number of nitrogens with two attached hydrogens (primary N) is 1. The highest BCUT2D eigenvalue weighted by atomic mass is 127. The van der Waals surface area contributed by atoms with Gasteiger partial charge in [0.25, 0.3) is 0 Å². The number of benzene rings is 1. The number of thiocarbonyl (C=S) groups is 1. The fraction of sp³-hybridized carbons (Fsp3) is 0.308. The Hall–Kier alpha value is -1.62. The standard InChI is InChI=1S/C13H16IN3O4S/c1-3-20-11(18)7-21-12-9(14)4-8(5-10(12)19-2)6-16-17-13(15)22/h4-6H,3,7H2,1-2H3,(H3,15,17,22). The topological polar surface area (TPSA) is 95.2 Å². The van der Waals surface area contributed by atoms with E-state index in [9.17, 15) is 4.79 Å². The molecule has 0 atom stereocenters. The van der Waals surface area contributed by atoms with Crippen LogP contribution in [0.15, 0.2) is 17.2 Å². The van der Waals surface area contributed by atoms with Gasteiger partial charge in [-0.25, -0.2) is 4.79 Å². The van der Waals surface area contributed by atoms with Gasteiger partial charge in [-0.15, -0.1) is 0 Å². The lowest BCUT2D eigenvalue weighted by Gasteiger charge is -2.13. The molecule has 0 bridgehead atoms. The van der Waals surface area contributed by atoms with E-state index in [0.717, 1.165) is 9.13 Å². The second-order valence-corrected chi connectivity index (χ2v) is 5.46. The summed E-state index contributed by atoms with van der Waals surface area (Å²) in [5.74, 6) is 0.509. The first kappa shape index (κ1) is 18.4. The molecule has 0 radical (unpaired) electrons. The summed E-state index contributed by atoms with van der Waals surface area (Å²) in [6, 6.07) is 3.53. The maximum atomic E-state index is 11.4. The lowest BCUT2D eigenvalue weighted by atomic mass is 10.2. The van der Waals surface area contributed by atoms with Crippen molar-refractivity contribution in [3.05, 3.63) is 21.3 Å². The van der Waals surface area contributed by atoms with Crippen molar-refractivity contribution in [1.29, 1.82) is 0 Å². The maximum Gasteiger partial charge on any atom is 0.344 e. The average molecular weight is 437 g/mol. The number of methoxy groups -OCH3 is 1. The van der Waals surface area contributed by atoms with Crippen molar-refractivity contribution in [3.8, 4) is 11.5 Å². The molecule has 0 saturated heterocycles. The first-order valence-corrected chi connectivity index (χ1v) is 7.71. The third-order valence-electron chi connectivity index (χ3n) is 2.28. The highest BCUT2D eigenvalue weighted by Crippen LogP contribution is 2.33. The van der Waals surface area contributed by atoms with Crippen LogP contribution < -0.4 is 20.6 Å². The van der Waals surface area contributed by atoms with Gasteiger partial charge in [-0.1, -0.05) is 0 Å². The van der Waals surface area contributed by atoms with Gasteiger partial charge in [0, 0.05) is 0 Å². The Balaban J connectivity index is 2.88. The lowest BCUT2D eigenvalue weighted by molar-refractivity contribution is -0.145. The molecule has 7 nitrogen and oxygen atoms in total. The molecule has 0 amide bonds. The summed E-state index contributed by atoms with van der Waals surface area (Å²) in [5, 5.41) is 3.95. The minimum Gasteiger partial charge on any atom is -0.493 e. The summed E-state index contributed by atoms with van der Waals surface area (Å²) in [7, 11) is 1.51. The average Bonchev–Trinajstić information content (AvgIpc) is 2.45. The van der Waals surface area contributed by atoms with E-state index in [-0.39, 0.29) is 11.7 Å². The molecule has 0 unspecified atom stereocenters. The van der Waals surface area contributed by atoms with E-state index in [2.05, 4.69) is 45.3 Å². The molecular formula is C13H16IN3O4S. The number of hydrazone groups is 1. The van der Waals surface area contributed by atoms with Gasteiger partial charge in [0.05, 0.1) is 23.5 Å². The van der Waals surface area contributed by atoms with Crippen molar-refractivity contribution in [1.82, 2.24) is 5.43 Å². The summed E-state index contributed by atoms with van der Waals surface area (Å²) >= 11 is 6.73. The van der Waals surface area contributed by atoms with E-state index in [4.69, 9.17) is 19.9 Å². The van der Waals surface area contributed by atoms with Crippen LogP contribution in [0.3, 0.4) is 0 Å². The molecule has 22 heavy (non-hydrogen) atoms. The fourth-order valence-corrected chi connectivity index (χ4v) is 2.29. The second kappa shape index (κ2) is 9.41. The smallest absolute Gasteiger partial charge is 0.344 e. The summed E-state index contributed by atoms with van der Waals surface area (Å²) in [6.45, 7) is 1.86. The molecule has 0 fully saturated rings. The van der Waals surface area contributed by atoms with Crippen LogP contribution >= 0.6 is 34.8 Å². The summed E-state index contributed by atoms with van der Waals surface area (Å²) in [6.07, 6.45) is 1.54. The van der Waals surface area contributed by atoms with E-state index in [1.807, 2.05) is 6.07 Å². The van der Waals surface area contributed by atoms with Gasteiger partial charge in [-0.3, -0.25) is 5.43 Å². The number of hydrogen-bond acceptors (Lipinski definition) is 6. The summed E-state index contributed by atoms with van der Waals surface area (Å²) < 4.78 is 16.3. The molecule has 120 valence electrons. The van der Waals surface area contributed by atoms with E-state index in [1.54, 1.807) is 19.2 Å². The molecule has 0 aliphatic carbocycles. The number of nitrogens with one attached hydrogen (secondary N) is 1. The summed E-state index contributed by atoms with van der Waals surface area (Å²) in [5.41, 5.74) is 8.50. The predicted octanol–water partition coefficient (Wildman–Crippen LogP) is 1.41. The normalized spacial score (nSPS) is 10.3. The van der Waals surface area contributed by atoms with Crippen LogP contribution in [-0.2, 0) is 9.53 Å². The van der Waals surface area contributed by atoms with Crippen LogP contribution in [0.5, 0.6) is 11.5 Å². The number of rotatable bonds is 7. The van der Waals surface area contributed by atoms with Gasteiger partial charge in [-0.2, -0.15) is 5.10 Å². The van der Waals surface area contributed by atoms with E-state index in [0.29, 0.717) is 18.1 Å². The number of carbonyl (C=O) groups excluding carboxylic acids is 1. The van der Waals surface area contributed by atoms with Crippen molar-refractivity contribution in [2.45, 2.75) is 6.92 Å². The zero-order chi connectivity index (χ0) is 16.5. The predicted molar refractivity (Wildman–Crippen MR) is 95.4 cm³/mol. The van der Waals surface area contributed by atoms with E-state index < -0.39 is 5.97 Å². The van der Waals surface area contributed by atoms with E-state index in [1.165, 1.54) is 7.11 Å². The summed E-state index contributed by atoms with van der Waals surface area (Å²) in [4.78, 5) is 11.4. The highest BCUT2D eigenvalue weighted by molar-refractivity contribution is 14.1. The first-order valence-electron chi connectivity index (χ1n) is 6.22. The zero-order valence-electron chi connectivity index (χ0n) is 12.1. The third kappa shape index (κ3) is 6.02. The van der Waals surface area contributed by atoms with Crippen LogP contribution in [0.1, 0.15) is 12.5 Å². The van der Waals surface area contributed by atoms with Crippen molar-refractivity contribution in [2.75, 3.05) is 20.3 Å². The zero-order valence-corrected chi connectivity index (χ0v) is 15.1. The molecule has 1 aromatic carbocycles. The first-order chi connectivity index (χ1) is 10.5. The number of nitrogens with zero attached hydrogens (tertiary/aromatic N) is 1. The van der Waals surface area contributed by atoms with Gasteiger partial charge in [-0.05, 0) is 59.4 Å². The number of esters is 1. The number of halogens is 1. The van der Waals surface area contributed by atoms with Crippen molar-refractivity contribution < 1.29 is 19.0 Å². The number of carbonyl (C=O) groups is 1. The van der Waals surface area contributed by atoms with Crippen LogP contribution in [0.25, 0.3) is 0 Å². The Labute approximate surface area is 147 Å². The Morgan fingerprint density at radius 2 is 2.27 bits per heavy atom. The van der Waals surface area contributed by atoms with Crippen LogP contribution in [0, 0.1) is 3.57 Å². The van der Waals surface area contributed by atoms with Crippen LogP contribution in [0.4, 0.5) is 0 Å². The van der Waals surface area contributed by atoms with Crippen molar-refractivity contribution >= 4 is 52.1 Å². The molecule has 0 aliphatic rings. The van der Waals surface area contributed by atoms with Gasteiger partial charge < -0.3 is 19.9 Å². The molecule has 0 aromatic heterocycles. The van der Waals surface area contributed by atoms with Gasteiger partial charge in [0.15, 0.2) is 23.2 Å². The SMILES string of the molecule is CCOC(=O)COc1c(I)cc(C=NNC(N)=S)cc1OC. The van der Waals surface area contributed by atoms with E-state index >= 15 is 0 Å². The minimum absolute atomic E-state index is 0.0762. The Morgan fingerprint density at radius 1 is 1.55 bits per heavy atom. The minimum atomic E-state index is -0.438. The molecule has 1 rings (SSSR count). The lowest BCUT2D eigenvalue weighted by Crippen LogP contribution is -2.24. The fourth-order valence-electron chi connectivity index (χ4n) is 1.46. The Bertz CT molecular complexity index is 581. The van der Waals surface area contributed by atoms with Crippen LogP contribution in [-0.4, -0.2) is 37.6 Å². The molecule has 1 aromatic rings. The maximum absolute atomic E-state index is 11.4. The quantitative estimate of drug-likeness (QED) is 0.219. The molecule has 0 spiro atoms. The van der Waals surface area contributed by atoms with Gasteiger partial charge in [0.1, 0.15) is 0 Å². The largest absolute Gasteiger partial charge is 0.493 e. The van der Waals surface area contributed by atoms with Gasteiger partial charge in [0.2, 0.25) is 0 Å². The molecule has 0 saturated carbocycles. The number of ether oxygens (including phenoxy) is 3. The molecule has 9 heteroatoms. The second-order valence-electron chi connectivity index (χ2n) is 3.86. The monoisotopic (exact) mass is 437 g/mol. The Morgan fingerprint density at radius 3 is 2.86 bits per heavy atom. The highest BCUT2D eigenvalue weighted by Gasteiger charge is 2.13. The van der Waals surface area contributed by atoms with Gasteiger partial charge >= 0.3 is 5.97 Å². The number of hydrogen-bond donors (Lipinski definition) is 2. The molecule has 0 aliphatic heterocycles. The molecular weight excluding hydrogens is 421 g/mol. The molecule has 3 N–H and O–H groups in total. The van der Waals surface area contributed by atoms with Crippen molar-refractivity contribution in [2.24, 2.45) is 10.8 Å². The Kier molecular flexibility index (Phi) is 7.88. The van der Waals surface area contributed by atoms with Crippen molar-refractivity contribution in [3.63, 3.8) is 0 Å². The molecule has 0 heterocycles. The third-order valence-corrected chi connectivity index (χ3v) is 3.17.